The van der Waals surface area contributed by atoms with Gasteiger partial charge in [-0.25, -0.2) is 0 Å². The molecule has 0 amide bonds. The zero-order chi connectivity index (χ0) is 10.3. The standard InChI is InChI=1S/C10H10N4O/c11-10-12-9(13-14-10)8-5-6-3-1-2-4-7(6)15-8/h1-4,8H,5H2,(H3,11,12,13,14). The third-order valence-corrected chi connectivity index (χ3v) is 2.47. The SMILES string of the molecule is Nc1n[nH]c(C2Cc3ccccc3O2)n1. The lowest BCUT2D eigenvalue weighted by Crippen LogP contribution is -2.05. The van der Waals surface area contributed by atoms with Crippen LogP contribution in [0.15, 0.2) is 24.3 Å². The first-order valence-electron chi connectivity index (χ1n) is 4.75. The molecule has 0 aliphatic carbocycles. The fourth-order valence-corrected chi connectivity index (χ4v) is 1.77. The molecule has 1 aromatic carbocycles. The van der Waals surface area contributed by atoms with E-state index < -0.39 is 0 Å². The van der Waals surface area contributed by atoms with Crippen LogP contribution in [0.3, 0.4) is 0 Å². The molecule has 0 radical (unpaired) electrons. The topological polar surface area (TPSA) is 76.8 Å². The predicted octanol–water partition coefficient (Wildman–Crippen LogP) is 1.06. The minimum absolute atomic E-state index is 0.0906. The first kappa shape index (κ1) is 8.28. The summed E-state index contributed by atoms with van der Waals surface area (Å²) in [5.74, 6) is 1.85. The number of nitrogens with two attached hydrogens (primary N) is 1. The molecule has 1 aliphatic heterocycles. The van der Waals surface area contributed by atoms with Gasteiger partial charge in [0.15, 0.2) is 11.9 Å². The van der Waals surface area contributed by atoms with E-state index in [9.17, 15) is 0 Å². The first-order chi connectivity index (χ1) is 7.33. The normalized spacial score (nSPS) is 18.5. The van der Waals surface area contributed by atoms with Crippen LogP contribution in [0.25, 0.3) is 0 Å². The smallest absolute Gasteiger partial charge is 0.239 e. The van der Waals surface area contributed by atoms with Gasteiger partial charge in [-0.2, -0.15) is 4.98 Å². The number of nitrogens with zero attached hydrogens (tertiary/aromatic N) is 2. The van der Waals surface area contributed by atoms with Gasteiger partial charge in [-0.05, 0) is 11.6 Å². The Labute approximate surface area is 86.3 Å². The van der Waals surface area contributed by atoms with Crippen LogP contribution in [-0.2, 0) is 6.42 Å². The maximum Gasteiger partial charge on any atom is 0.239 e. The van der Waals surface area contributed by atoms with Crippen LogP contribution < -0.4 is 10.5 Å². The number of anilines is 1. The zero-order valence-corrected chi connectivity index (χ0v) is 7.97. The van der Waals surface area contributed by atoms with Gasteiger partial charge < -0.3 is 10.5 Å². The van der Waals surface area contributed by atoms with E-state index in [1.54, 1.807) is 0 Å². The molecule has 0 fully saturated rings. The van der Waals surface area contributed by atoms with Crippen LogP contribution in [0.1, 0.15) is 17.5 Å². The molecule has 3 N–H and O–H groups in total. The molecule has 0 saturated heterocycles. The van der Waals surface area contributed by atoms with E-state index in [-0.39, 0.29) is 12.1 Å². The van der Waals surface area contributed by atoms with Gasteiger partial charge in [-0.15, -0.1) is 5.10 Å². The van der Waals surface area contributed by atoms with Crippen LogP contribution in [-0.4, -0.2) is 15.2 Å². The van der Waals surface area contributed by atoms with Crippen LogP contribution in [0.5, 0.6) is 5.75 Å². The summed E-state index contributed by atoms with van der Waals surface area (Å²) in [6, 6.07) is 7.96. The number of hydrogen-bond acceptors (Lipinski definition) is 4. The van der Waals surface area contributed by atoms with Crippen LogP contribution in [0.4, 0.5) is 5.95 Å². The van der Waals surface area contributed by atoms with Crippen molar-refractivity contribution in [3.05, 3.63) is 35.7 Å². The van der Waals surface area contributed by atoms with Crippen LogP contribution >= 0.6 is 0 Å². The highest BCUT2D eigenvalue weighted by atomic mass is 16.5. The summed E-state index contributed by atoms with van der Waals surface area (Å²) in [5, 5.41) is 6.56. The van der Waals surface area contributed by atoms with Gasteiger partial charge in [-0.3, -0.25) is 5.10 Å². The number of nitrogens with one attached hydrogen (secondary N) is 1. The number of fused-ring (bicyclic) bond motifs is 1. The molecule has 0 bridgehead atoms. The number of aromatic nitrogens is 3. The molecule has 2 heterocycles. The van der Waals surface area contributed by atoms with Gasteiger partial charge in [0, 0.05) is 6.42 Å². The van der Waals surface area contributed by atoms with E-state index in [2.05, 4.69) is 21.2 Å². The van der Waals surface area contributed by atoms with Crippen LogP contribution in [0, 0.1) is 0 Å². The summed E-state index contributed by atoms with van der Waals surface area (Å²) in [6.45, 7) is 0. The lowest BCUT2D eigenvalue weighted by Gasteiger charge is -2.05. The summed E-state index contributed by atoms with van der Waals surface area (Å²) in [7, 11) is 0. The van der Waals surface area contributed by atoms with Gasteiger partial charge in [0.05, 0.1) is 0 Å². The summed E-state index contributed by atoms with van der Waals surface area (Å²) in [4.78, 5) is 4.06. The second-order valence-electron chi connectivity index (χ2n) is 3.50. The molecular weight excluding hydrogens is 192 g/mol. The van der Waals surface area contributed by atoms with Crippen LogP contribution in [0.2, 0.25) is 0 Å². The lowest BCUT2D eigenvalue weighted by atomic mass is 10.1. The monoisotopic (exact) mass is 202 g/mol. The van der Waals surface area contributed by atoms with E-state index in [1.807, 2.05) is 18.2 Å². The number of H-pyrrole nitrogens is 1. The Morgan fingerprint density at radius 2 is 2.27 bits per heavy atom. The Bertz CT molecular complexity index is 469. The molecular formula is C10H10N4O. The Morgan fingerprint density at radius 1 is 1.40 bits per heavy atom. The van der Waals surface area contributed by atoms with Crippen molar-refractivity contribution in [2.45, 2.75) is 12.5 Å². The van der Waals surface area contributed by atoms with Crippen molar-refractivity contribution in [3.8, 4) is 5.75 Å². The fraction of sp³-hybridized carbons (Fsp3) is 0.200. The number of hydrogen-bond donors (Lipinski definition) is 2. The van der Waals surface area contributed by atoms with Gasteiger partial charge in [0.2, 0.25) is 5.95 Å². The molecule has 0 spiro atoms. The average molecular weight is 202 g/mol. The van der Waals surface area contributed by atoms with E-state index in [1.165, 1.54) is 5.56 Å². The Balaban J connectivity index is 1.90. The summed E-state index contributed by atoms with van der Waals surface area (Å²) in [5.41, 5.74) is 6.63. The third kappa shape index (κ3) is 1.32. The molecule has 76 valence electrons. The van der Waals surface area contributed by atoms with Gasteiger partial charge in [-0.1, -0.05) is 18.2 Å². The Kier molecular flexibility index (Phi) is 1.65. The van der Waals surface area contributed by atoms with Crippen molar-refractivity contribution in [2.75, 3.05) is 5.73 Å². The van der Waals surface area contributed by atoms with Gasteiger partial charge in [0.1, 0.15) is 5.75 Å². The Hall–Kier alpha value is -2.04. The second-order valence-corrected chi connectivity index (χ2v) is 3.50. The zero-order valence-electron chi connectivity index (χ0n) is 7.97. The quantitative estimate of drug-likeness (QED) is 0.725. The lowest BCUT2D eigenvalue weighted by molar-refractivity contribution is 0.228. The molecule has 5 heteroatoms. The molecule has 1 unspecified atom stereocenters. The number of nitrogen functional groups attached to an aromatic ring is 1. The second kappa shape index (κ2) is 2.98. The van der Waals surface area contributed by atoms with Crippen molar-refractivity contribution >= 4 is 5.95 Å². The number of aromatic amines is 1. The van der Waals surface area contributed by atoms with Crippen molar-refractivity contribution in [1.29, 1.82) is 0 Å². The highest BCUT2D eigenvalue weighted by Crippen LogP contribution is 2.34. The molecule has 15 heavy (non-hydrogen) atoms. The van der Waals surface area contributed by atoms with Crippen molar-refractivity contribution in [2.24, 2.45) is 0 Å². The van der Waals surface area contributed by atoms with Crippen molar-refractivity contribution in [3.63, 3.8) is 0 Å². The highest BCUT2D eigenvalue weighted by molar-refractivity contribution is 5.38. The molecule has 1 aromatic heterocycles. The summed E-state index contributed by atoms with van der Waals surface area (Å²) < 4.78 is 5.72. The number of ether oxygens (including phenoxy) is 1. The van der Waals surface area contributed by atoms with Crippen molar-refractivity contribution in [1.82, 2.24) is 15.2 Å². The largest absolute Gasteiger partial charge is 0.482 e. The molecule has 2 aromatic rings. The highest BCUT2D eigenvalue weighted by Gasteiger charge is 2.26. The molecule has 0 saturated carbocycles. The Morgan fingerprint density at radius 3 is 3.00 bits per heavy atom. The minimum Gasteiger partial charge on any atom is -0.482 e. The predicted molar refractivity (Wildman–Crippen MR) is 54.3 cm³/mol. The van der Waals surface area contributed by atoms with E-state index in [4.69, 9.17) is 10.5 Å². The van der Waals surface area contributed by atoms with Gasteiger partial charge >= 0.3 is 0 Å². The average Bonchev–Trinajstić information content (AvgIpc) is 2.82. The number of benzene rings is 1. The summed E-state index contributed by atoms with van der Waals surface area (Å²) >= 11 is 0. The van der Waals surface area contributed by atoms with Crippen molar-refractivity contribution < 1.29 is 4.74 Å². The third-order valence-electron chi connectivity index (χ3n) is 2.47. The number of rotatable bonds is 1. The molecule has 5 nitrogen and oxygen atoms in total. The van der Waals surface area contributed by atoms with E-state index >= 15 is 0 Å². The van der Waals surface area contributed by atoms with E-state index in [0.29, 0.717) is 5.82 Å². The fourth-order valence-electron chi connectivity index (χ4n) is 1.77. The summed E-state index contributed by atoms with van der Waals surface area (Å²) in [6.07, 6.45) is 0.720. The maximum atomic E-state index is 5.72. The van der Waals surface area contributed by atoms with E-state index in [0.717, 1.165) is 12.2 Å². The number of para-hydroxylation sites is 1. The molecule has 3 rings (SSSR count). The maximum absolute atomic E-state index is 5.72. The van der Waals surface area contributed by atoms with Gasteiger partial charge in [0.25, 0.3) is 0 Å². The minimum atomic E-state index is -0.0906. The first-order valence-corrected chi connectivity index (χ1v) is 4.75. The molecule has 1 aliphatic rings. The molecule has 1 atom stereocenters.